The zero-order valence-corrected chi connectivity index (χ0v) is 11.2. The summed E-state index contributed by atoms with van der Waals surface area (Å²) in [5.74, 6) is 0.927. The van der Waals surface area contributed by atoms with E-state index in [1.807, 2.05) is 12.1 Å². The van der Waals surface area contributed by atoms with Gasteiger partial charge in [0.2, 0.25) is 0 Å². The van der Waals surface area contributed by atoms with E-state index in [0.29, 0.717) is 0 Å². The minimum Gasteiger partial charge on any atom is -0.497 e. The molecular formula is C18H18O. The standard InChI is InChI=1S/C18H18O/c1-19-18-10-8-14(9-11-18)6-7-15-12-16-4-2-3-5-17(16)13-15/h2-5,8-12H,6-7,13H2,1H3. The summed E-state index contributed by atoms with van der Waals surface area (Å²) in [6, 6.07) is 17.0. The van der Waals surface area contributed by atoms with Gasteiger partial charge in [-0.05, 0) is 48.1 Å². The topological polar surface area (TPSA) is 9.23 Å². The van der Waals surface area contributed by atoms with Crippen LogP contribution < -0.4 is 4.74 Å². The summed E-state index contributed by atoms with van der Waals surface area (Å²) in [6.45, 7) is 0. The molecular weight excluding hydrogens is 232 g/mol. The first-order valence-corrected chi connectivity index (χ1v) is 6.75. The van der Waals surface area contributed by atoms with Gasteiger partial charge < -0.3 is 4.74 Å². The van der Waals surface area contributed by atoms with Crippen LogP contribution in [0.2, 0.25) is 0 Å². The zero-order chi connectivity index (χ0) is 13.1. The Morgan fingerprint density at radius 2 is 1.74 bits per heavy atom. The van der Waals surface area contributed by atoms with Crippen LogP contribution in [0.3, 0.4) is 0 Å². The molecule has 0 radical (unpaired) electrons. The van der Waals surface area contributed by atoms with E-state index in [1.54, 1.807) is 7.11 Å². The minimum atomic E-state index is 0.927. The van der Waals surface area contributed by atoms with Crippen LogP contribution in [0.4, 0.5) is 0 Å². The van der Waals surface area contributed by atoms with Crippen molar-refractivity contribution in [2.75, 3.05) is 7.11 Å². The fraction of sp³-hybridized carbons (Fsp3) is 0.222. The predicted octanol–water partition coefficient (Wildman–Crippen LogP) is 4.27. The van der Waals surface area contributed by atoms with Crippen LogP contribution in [0.25, 0.3) is 6.08 Å². The molecule has 0 aliphatic heterocycles. The lowest BCUT2D eigenvalue weighted by molar-refractivity contribution is 0.414. The first-order chi connectivity index (χ1) is 9.35. The highest BCUT2D eigenvalue weighted by Gasteiger charge is 2.11. The van der Waals surface area contributed by atoms with Gasteiger partial charge in [-0.2, -0.15) is 0 Å². The van der Waals surface area contributed by atoms with E-state index >= 15 is 0 Å². The van der Waals surface area contributed by atoms with Gasteiger partial charge in [-0.1, -0.05) is 48.0 Å². The van der Waals surface area contributed by atoms with Gasteiger partial charge in [0.1, 0.15) is 5.75 Å². The van der Waals surface area contributed by atoms with E-state index in [9.17, 15) is 0 Å². The van der Waals surface area contributed by atoms with Crippen molar-refractivity contribution in [3.8, 4) is 5.75 Å². The van der Waals surface area contributed by atoms with E-state index < -0.39 is 0 Å². The molecule has 0 bridgehead atoms. The van der Waals surface area contributed by atoms with Crippen LogP contribution in [-0.2, 0) is 12.8 Å². The monoisotopic (exact) mass is 250 g/mol. The van der Waals surface area contributed by atoms with Crippen molar-refractivity contribution in [3.05, 3.63) is 70.8 Å². The Morgan fingerprint density at radius 1 is 0.947 bits per heavy atom. The van der Waals surface area contributed by atoms with Crippen molar-refractivity contribution in [1.82, 2.24) is 0 Å². The van der Waals surface area contributed by atoms with Crippen molar-refractivity contribution in [3.63, 3.8) is 0 Å². The van der Waals surface area contributed by atoms with E-state index in [4.69, 9.17) is 4.74 Å². The smallest absolute Gasteiger partial charge is 0.118 e. The molecule has 1 aliphatic carbocycles. The highest BCUT2D eigenvalue weighted by atomic mass is 16.5. The molecule has 96 valence electrons. The third-order valence-electron chi connectivity index (χ3n) is 3.73. The Kier molecular flexibility index (Phi) is 3.37. The van der Waals surface area contributed by atoms with Gasteiger partial charge in [0.15, 0.2) is 0 Å². The number of aryl methyl sites for hydroxylation is 1. The SMILES string of the molecule is COc1ccc(CCC2=Cc3ccccc3C2)cc1. The molecule has 0 aromatic heterocycles. The van der Waals surface area contributed by atoms with Crippen LogP contribution in [-0.4, -0.2) is 7.11 Å². The third-order valence-corrected chi connectivity index (χ3v) is 3.73. The molecule has 19 heavy (non-hydrogen) atoms. The summed E-state index contributed by atoms with van der Waals surface area (Å²) < 4.78 is 5.18. The summed E-state index contributed by atoms with van der Waals surface area (Å²) in [5, 5.41) is 0. The Labute approximate surface area is 114 Å². The van der Waals surface area contributed by atoms with Crippen molar-refractivity contribution in [2.45, 2.75) is 19.3 Å². The van der Waals surface area contributed by atoms with Crippen molar-refractivity contribution >= 4 is 6.08 Å². The quantitative estimate of drug-likeness (QED) is 0.787. The molecule has 0 amide bonds. The van der Waals surface area contributed by atoms with Gasteiger partial charge in [0.25, 0.3) is 0 Å². The number of hydrogen-bond donors (Lipinski definition) is 0. The average molecular weight is 250 g/mol. The first kappa shape index (κ1) is 12.0. The Bertz CT molecular complexity index is 593. The number of fused-ring (bicyclic) bond motifs is 1. The average Bonchev–Trinajstić information content (AvgIpc) is 2.88. The number of rotatable bonds is 4. The summed E-state index contributed by atoms with van der Waals surface area (Å²) in [5.41, 5.74) is 5.77. The number of ether oxygens (including phenoxy) is 1. The molecule has 0 spiro atoms. The maximum absolute atomic E-state index is 5.18. The largest absolute Gasteiger partial charge is 0.497 e. The van der Waals surface area contributed by atoms with Crippen LogP contribution in [0.5, 0.6) is 5.75 Å². The van der Waals surface area contributed by atoms with E-state index in [0.717, 1.165) is 25.0 Å². The first-order valence-electron chi connectivity index (χ1n) is 6.75. The number of allylic oxidation sites excluding steroid dienone is 1. The maximum Gasteiger partial charge on any atom is 0.118 e. The van der Waals surface area contributed by atoms with Crippen LogP contribution in [0.15, 0.2) is 54.1 Å². The number of methoxy groups -OCH3 is 1. The Morgan fingerprint density at radius 3 is 2.47 bits per heavy atom. The lowest BCUT2D eigenvalue weighted by Crippen LogP contribution is -1.90. The number of benzene rings is 2. The highest BCUT2D eigenvalue weighted by Crippen LogP contribution is 2.27. The molecule has 1 aliphatic rings. The molecule has 2 aromatic rings. The molecule has 0 saturated heterocycles. The maximum atomic E-state index is 5.18. The van der Waals surface area contributed by atoms with Gasteiger partial charge in [-0.3, -0.25) is 0 Å². The summed E-state index contributed by atoms with van der Waals surface area (Å²) >= 11 is 0. The normalized spacial score (nSPS) is 13.0. The number of hydrogen-bond acceptors (Lipinski definition) is 1. The van der Waals surface area contributed by atoms with Gasteiger partial charge >= 0.3 is 0 Å². The molecule has 0 unspecified atom stereocenters. The second kappa shape index (κ2) is 5.31. The van der Waals surface area contributed by atoms with Crippen molar-refractivity contribution in [1.29, 1.82) is 0 Å². The van der Waals surface area contributed by atoms with Gasteiger partial charge in [-0.25, -0.2) is 0 Å². The van der Waals surface area contributed by atoms with Crippen LogP contribution >= 0.6 is 0 Å². The molecule has 1 nitrogen and oxygen atoms in total. The fourth-order valence-electron chi connectivity index (χ4n) is 2.61. The van der Waals surface area contributed by atoms with Crippen molar-refractivity contribution < 1.29 is 4.74 Å². The Hall–Kier alpha value is -2.02. The highest BCUT2D eigenvalue weighted by molar-refractivity contribution is 5.63. The van der Waals surface area contributed by atoms with Gasteiger partial charge in [0.05, 0.1) is 7.11 Å². The summed E-state index contributed by atoms with van der Waals surface area (Å²) in [4.78, 5) is 0. The Balaban J connectivity index is 1.62. The lowest BCUT2D eigenvalue weighted by Gasteiger charge is -2.04. The molecule has 3 rings (SSSR count). The van der Waals surface area contributed by atoms with Gasteiger partial charge in [0, 0.05) is 0 Å². The van der Waals surface area contributed by atoms with Crippen LogP contribution in [0.1, 0.15) is 23.1 Å². The van der Waals surface area contributed by atoms with Gasteiger partial charge in [-0.15, -0.1) is 0 Å². The molecule has 0 fully saturated rings. The zero-order valence-electron chi connectivity index (χ0n) is 11.2. The molecule has 0 heterocycles. The fourth-order valence-corrected chi connectivity index (χ4v) is 2.61. The molecule has 0 N–H and O–H groups in total. The van der Waals surface area contributed by atoms with Crippen LogP contribution in [0, 0.1) is 0 Å². The summed E-state index contributed by atoms with van der Waals surface area (Å²) in [6.07, 6.45) is 5.70. The molecule has 0 atom stereocenters. The van der Waals surface area contributed by atoms with Crippen molar-refractivity contribution in [2.24, 2.45) is 0 Å². The van der Waals surface area contributed by atoms with E-state index in [-0.39, 0.29) is 0 Å². The summed E-state index contributed by atoms with van der Waals surface area (Å²) in [7, 11) is 1.70. The molecule has 2 aromatic carbocycles. The lowest BCUT2D eigenvalue weighted by atomic mass is 10.0. The van der Waals surface area contributed by atoms with E-state index in [2.05, 4.69) is 42.5 Å². The van der Waals surface area contributed by atoms with E-state index in [1.165, 1.54) is 22.3 Å². The molecule has 1 heteroatoms. The minimum absolute atomic E-state index is 0.927. The second-order valence-corrected chi connectivity index (χ2v) is 5.03. The third kappa shape index (κ3) is 2.70. The predicted molar refractivity (Wildman–Crippen MR) is 79.4 cm³/mol. The second-order valence-electron chi connectivity index (χ2n) is 5.03. The molecule has 0 saturated carbocycles.